The van der Waals surface area contributed by atoms with Crippen LogP contribution in [-0.2, 0) is 11.0 Å². The van der Waals surface area contributed by atoms with E-state index in [1.54, 1.807) is 0 Å². The van der Waals surface area contributed by atoms with E-state index in [0.717, 1.165) is 12.1 Å². The first kappa shape index (κ1) is 8.70. The van der Waals surface area contributed by atoms with Crippen molar-refractivity contribution in [3.63, 3.8) is 0 Å². The number of alkyl halides is 3. The summed E-state index contributed by atoms with van der Waals surface area (Å²) < 4.78 is 35.7. The Labute approximate surface area is 66.0 Å². The third-order valence-electron chi connectivity index (χ3n) is 1.20. The Morgan fingerprint density at radius 2 is 2.00 bits per heavy atom. The smallest absolute Gasteiger partial charge is 0.283 e. The molecule has 0 aromatic carbocycles. The molecular weight excluding hydrogens is 171 g/mol. The number of pyridine rings is 1. The zero-order chi connectivity index (χ0) is 9.19. The largest absolute Gasteiger partial charge is 0.417 e. The van der Waals surface area contributed by atoms with Crippen molar-refractivity contribution in [3.8, 4) is 0 Å². The molecule has 0 N–H and O–H groups in total. The van der Waals surface area contributed by atoms with Gasteiger partial charge in [-0.3, -0.25) is 9.78 Å². The van der Waals surface area contributed by atoms with E-state index in [9.17, 15) is 18.0 Å². The van der Waals surface area contributed by atoms with Gasteiger partial charge in [0.2, 0.25) is 0 Å². The molecule has 0 fully saturated rings. The summed E-state index contributed by atoms with van der Waals surface area (Å²) >= 11 is 0. The molecule has 0 bridgehead atoms. The van der Waals surface area contributed by atoms with Crippen LogP contribution >= 0.6 is 0 Å². The highest BCUT2D eigenvalue weighted by Gasteiger charge is 2.30. The number of aromatic nitrogens is 1. The molecule has 12 heavy (non-hydrogen) atoms. The van der Waals surface area contributed by atoms with Crippen molar-refractivity contribution in [1.82, 2.24) is 4.98 Å². The summed E-state index contributed by atoms with van der Waals surface area (Å²) in [5.41, 5.74) is -1.01. The van der Waals surface area contributed by atoms with Gasteiger partial charge in [-0.05, 0) is 12.1 Å². The van der Waals surface area contributed by atoms with Crippen molar-refractivity contribution in [1.29, 1.82) is 0 Å². The molecule has 63 valence electrons. The Hall–Kier alpha value is -1.39. The molecule has 1 radical (unpaired) electrons. The number of halogens is 3. The highest BCUT2D eigenvalue weighted by atomic mass is 19.4. The van der Waals surface area contributed by atoms with E-state index in [0.29, 0.717) is 6.20 Å². The highest BCUT2D eigenvalue weighted by molar-refractivity contribution is 5.71. The van der Waals surface area contributed by atoms with Crippen LogP contribution in [0.5, 0.6) is 0 Å². The first-order chi connectivity index (χ1) is 5.54. The summed E-state index contributed by atoms with van der Waals surface area (Å²) in [4.78, 5) is 13.1. The lowest BCUT2D eigenvalue weighted by atomic mass is 10.2. The fraction of sp³-hybridized carbons (Fsp3) is 0.143. The van der Waals surface area contributed by atoms with E-state index in [2.05, 4.69) is 4.98 Å². The van der Waals surface area contributed by atoms with Crippen LogP contribution in [-0.4, -0.2) is 11.3 Å². The fourth-order valence-corrected chi connectivity index (χ4v) is 0.622. The first-order valence-corrected chi connectivity index (χ1v) is 2.95. The number of rotatable bonds is 1. The van der Waals surface area contributed by atoms with Gasteiger partial charge in [-0.15, -0.1) is 0 Å². The quantitative estimate of drug-likeness (QED) is 0.646. The lowest BCUT2D eigenvalue weighted by Crippen LogP contribution is -2.05. The van der Waals surface area contributed by atoms with E-state index < -0.39 is 11.7 Å². The maximum atomic E-state index is 11.9. The molecule has 5 heteroatoms. The molecule has 1 aromatic rings. The van der Waals surface area contributed by atoms with Gasteiger partial charge in [0.05, 0.1) is 5.56 Å². The zero-order valence-corrected chi connectivity index (χ0v) is 5.72. The second kappa shape index (κ2) is 2.92. The van der Waals surface area contributed by atoms with E-state index in [1.165, 1.54) is 6.29 Å². The second-order valence-corrected chi connectivity index (χ2v) is 2.03. The molecule has 0 aliphatic carbocycles. The zero-order valence-electron chi connectivity index (χ0n) is 5.72. The van der Waals surface area contributed by atoms with Gasteiger partial charge >= 0.3 is 6.18 Å². The number of hydrogen-bond donors (Lipinski definition) is 0. The average molecular weight is 174 g/mol. The maximum absolute atomic E-state index is 11.9. The SMILES string of the molecule is O=[C]c1ccc(C(F)(F)F)cn1. The predicted octanol–water partition coefficient (Wildman–Crippen LogP) is 1.56. The van der Waals surface area contributed by atoms with Gasteiger partial charge in [0.15, 0.2) is 0 Å². The summed E-state index contributed by atoms with van der Waals surface area (Å²) in [6.07, 6.45) is -2.43. The second-order valence-electron chi connectivity index (χ2n) is 2.03. The Kier molecular flexibility index (Phi) is 2.12. The summed E-state index contributed by atoms with van der Waals surface area (Å²) in [6.45, 7) is 0. The van der Waals surface area contributed by atoms with E-state index in [4.69, 9.17) is 0 Å². The minimum atomic E-state index is -4.41. The van der Waals surface area contributed by atoms with Crippen LogP contribution in [0.1, 0.15) is 11.3 Å². The van der Waals surface area contributed by atoms with Gasteiger partial charge in [0.1, 0.15) is 5.69 Å². The Morgan fingerprint density at radius 1 is 1.33 bits per heavy atom. The normalized spacial score (nSPS) is 11.2. The molecule has 0 saturated carbocycles. The number of carbonyl (C=O) groups excluding carboxylic acids is 1. The predicted molar refractivity (Wildman–Crippen MR) is 34.0 cm³/mol. The molecule has 0 unspecified atom stereocenters. The van der Waals surface area contributed by atoms with E-state index >= 15 is 0 Å². The molecule has 1 rings (SSSR count). The fourth-order valence-electron chi connectivity index (χ4n) is 0.622. The first-order valence-electron chi connectivity index (χ1n) is 2.95. The Morgan fingerprint density at radius 3 is 2.33 bits per heavy atom. The van der Waals surface area contributed by atoms with Crippen LogP contribution in [0.2, 0.25) is 0 Å². The van der Waals surface area contributed by atoms with Crippen molar-refractivity contribution < 1.29 is 18.0 Å². The van der Waals surface area contributed by atoms with Gasteiger partial charge in [-0.1, -0.05) is 0 Å². The number of hydrogen-bond acceptors (Lipinski definition) is 2. The molecule has 0 spiro atoms. The molecule has 0 saturated heterocycles. The van der Waals surface area contributed by atoms with E-state index in [1.807, 2.05) is 0 Å². The molecule has 1 heterocycles. The minimum Gasteiger partial charge on any atom is -0.283 e. The van der Waals surface area contributed by atoms with E-state index in [-0.39, 0.29) is 5.69 Å². The van der Waals surface area contributed by atoms with Gasteiger partial charge < -0.3 is 0 Å². The maximum Gasteiger partial charge on any atom is 0.417 e. The topological polar surface area (TPSA) is 30.0 Å². The van der Waals surface area contributed by atoms with Crippen molar-refractivity contribution in [2.75, 3.05) is 0 Å². The average Bonchev–Trinajstić information content (AvgIpc) is 2.03. The summed E-state index contributed by atoms with van der Waals surface area (Å²) in [5.74, 6) is 0. The van der Waals surface area contributed by atoms with Gasteiger partial charge in [-0.25, -0.2) is 0 Å². The molecule has 1 aromatic heterocycles. The number of nitrogens with zero attached hydrogens (tertiary/aromatic N) is 1. The van der Waals surface area contributed by atoms with Crippen LogP contribution < -0.4 is 0 Å². The third kappa shape index (κ3) is 1.81. The van der Waals surface area contributed by atoms with Crippen LogP contribution in [0, 0.1) is 0 Å². The van der Waals surface area contributed by atoms with Crippen molar-refractivity contribution in [2.24, 2.45) is 0 Å². The molecule has 0 aliphatic heterocycles. The van der Waals surface area contributed by atoms with Crippen molar-refractivity contribution >= 4 is 6.29 Å². The monoisotopic (exact) mass is 174 g/mol. The summed E-state index contributed by atoms with van der Waals surface area (Å²) in [5, 5.41) is 0. The van der Waals surface area contributed by atoms with Crippen molar-refractivity contribution in [3.05, 3.63) is 29.6 Å². The van der Waals surface area contributed by atoms with Gasteiger partial charge in [0.25, 0.3) is 6.29 Å². The molecule has 0 atom stereocenters. The lowest BCUT2D eigenvalue weighted by Gasteiger charge is -2.04. The van der Waals surface area contributed by atoms with Crippen LogP contribution in [0.15, 0.2) is 18.3 Å². The van der Waals surface area contributed by atoms with Gasteiger partial charge in [-0.2, -0.15) is 13.2 Å². The molecule has 2 nitrogen and oxygen atoms in total. The van der Waals surface area contributed by atoms with Crippen LogP contribution in [0.4, 0.5) is 13.2 Å². The lowest BCUT2D eigenvalue weighted by molar-refractivity contribution is -0.137. The Bertz CT molecular complexity index is 278. The third-order valence-corrected chi connectivity index (χ3v) is 1.20. The summed E-state index contributed by atoms with van der Waals surface area (Å²) in [6, 6.07) is 1.75. The van der Waals surface area contributed by atoms with Crippen LogP contribution in [0.25, 0.3) is 0 Å². The van der Waals surface area contributed by atoms with Crippen LogP contribution in [0.3, 0.4) is 0 Å². The minimum absolute atomic E-state index is 0.136. The molecule has 0 amide bonds. The highest BCUT2D eigenvalue weighted by Crippen LogP contribution is 2.28. The molecule has 0 aliphatic rings. The van der Waals surface area contributed by atoms with Gasteiger partial charge in [0, 0.05) is 6.20 Å². The molecular formula is C7H3F3NO. The standard InChI is InChI=1S/C7H3F3NO/c8-7(9,10)5-1-2-6(4-12)11-3-5/h1-3H. The van der Waals surface area contributed by atoms with Crippen molar-refractivity contribution in [2.45, 2.75) is 6.18 Å². The summed E-state index contributed by atoms with van der Waals surface area (Å²) in [7, 11) is 0. The Balaban J connectivity index is 3.00.